The molecule has 1 aliphatic heterocycles. The van der Waals surface area contributed by atoms with Crippen molar-refractivity contribution in [3.8, 4) is 22.6 Å². The number of hydrogen-bond acceptors (Lipinski definition) is 6. The van der Waals surface area contributed by atoms with Gasteiger partial charge < -0.3 is 19.7 Å². The van der Waals surface area contributed by atoms with Crippen molar-refractivity contribution in [1.29, 1.82) is 0 Å². The molecule has 0 spiro atoms. The lowest BCUT2D eigenvalue weighted by atomic mass is 9.97. The number of carbonyl (C=O) groups is 1. The summed E-state index contributed by atoms with van der Waals surface area (Å²) in [5.41, 5.74) is 2.33. The standard InChI is InChI=1S/C25H27FN4O3/c1-32-22-8-9-23(33-2)19(12-22)13-27-24(31)18-6-4-10-30(16-18)25-28-14-20(15-29-25)17-5-3-7-21(26)11-17/h3,5,7-9,11-12,14-15,18H,4,6,10,13,16H2,1-2H3,(H,27,31)/t18-/m0/s1. The fraction of sp³-hybridized carbons (Fsp3) is 0.320. The summed E-state index contributed by atoms with van der Waals surface area (Å²) >= 11 is 0. The van der Waals surface area contributed by atoms with E-state index in [1.165, 1.54) is 12.1 Å². The van der Waals surface area contributed by atoms with Gasteiger partial charge in [-0.2, -0.15) is 0 Å². The first kappa shape index (κ1) is 22.5. The van der Waals surface area contributed by atoms with Crippen LogP contribution in [0, 0.1) is 11.7 Å². The number of hydrogen-bond donors (Lipinski definition) is 1. The number of anilines is 1. The van der Waals surface area contributed by atoms with Crippen LogP contribution in [0.15, 0.2) is 54.9 Å². The summed E-state index contributed by atoms with van der Waals surface area (Å²) in [6.45, 7) is 1.68. The molecule has 0 aliphatic carbocycles. The summed E-state index contributed by atoms with van der Waals surface area (Å²) < 4.78 is 24.2. The molecule has 1 N–H and O–H groups in total. The van der Waals surface area contributed by atoms with Gasteiger partial charge in [0.1, 0.15) is 17.3 Å². The van der Waals surface area contributed by atoms with Gasteiger partial charge in [-0.1, -0.05) is 12.1 Å². The Kier molecular flexibility index (Phi) is 7.02. The van der Waals surface area contributed by atoms with Crippen molar-refractivity contribution >= 4 is 11.9 Å². The van der Waals surface area contributed by atoms with Gasteiger partial charge in [-0.3, -0.25) is 4.79 Å². The zero-order valence-electron chi connectivity index (χ0n) is 18.8. The number of nitrogens with one attached hydrogen (secondary N) is 1. The normalized spacial score (nSPS) is 15.7. The average Bonchev–Trinajstić information content (AvgIpc) is 2.87. The van der Waals surface area contributed by atoms with E-state index in [-0.39, 0.29) is 17.6 Å². The summed E-state index contributed by atoms with van der Waals surface area (Å²) in [7, 11) is 3.21. The van der Waals surface area contributed by atoms with Crippen molar-refractivity contribution in [2.24, 2.45) is 5.92 Å². The molecule has 0 bridgehead atoms. The summed E-state index contributed by atoms with van der Waals surface area (Å²) in [4.78, 5) is 23.8. The molecular weight excluding hydrogens is 423 g/mol. The first-order valence-corrected chi connectivity index (χ1v) is 10.9. The Morgan fingerprint density at radius 3 is 2.67 bits per heavy atom. The molecular formula is C25H27FN4O3. The number of methoxy groups -OCH3 is 2. The van der Waals surface area contributed by atoms with Crippen LogP contribution < -0.4 is 19.7 Å². The quantitative estimate of drug-likeness (QED) is 0.590. The summed E-state index contributed by atoms with van der Waals surface area (Å²) in [5, 5.41) is 3.03. The minimum Gasteiger partial charge on any atom is -0.497 e. The number of piperidine rings is 1. The van der Waals surface area contributed by atoms with Crippen LogP contribution in [0.1, 0.15) is 18.4 Å². The molecule has 172 valence electrons. The van der Waals surface area contributed by atoms with Gasteiger partial charge in [0.2, 0.25) is 11.9 Å². The maximum absolute atomic E-state index is 13.5. The molecule has 0 unspecified atom stereocenters. The SMILES string of the molecule is COc1ccc(OC)c(CNC(=O)[C@H]2CCCN(c3ncc(-c4cccc(F)c4)cn3)C2)c1. The molecule has 1 amide bonds. The number of ether oxygens (including phenoxy) is 2. The van der Waals surface area contributed by atoms with E-state index >= 15 is 0 Å². The average molecular weight is 451 g/mol. The van der Waals surface area contributed by atoms with Gasteiger partial charge in [0, 0.05) is 43.2 Å². The second-order valence-electron chi connectivity index (χ2n) is 7.96. The molecule has 1 aliphatic rings. The maximum Gasteiger partial charge on any atom is 0.225 e. The molecule has 7 nitrogen and oxygen atoms in total. The topological polar surface area (TPSA) is 76.6 Å². The number of benzene rings is 2. The maximum atomic E-state index is 13.5. The van der Waals surface area contributed by atoms with Gasteiger partial charge in [0.25, 0.3) is 0 Å². The van der Waals surface area contributed by atoms with Crippen LogP contribution in [0.2, 0.25) is 0 Å². The van der Waals surface area contributed by atoms with Crippen molar-refractivity contribution in [3.63, 3.8) is 0 Å². The highest BCUT2D eigenvalue weighted by atomic mass is 19.1. The van der Waals surface area contributed by atoms with E-state index in [0.717, 1.165) is 36.1 Å². The summed E-state index contributed by atoms with van der Waals surface area (Å²) in [5.74, 6) is 1.51. The van der Waals surface area contributed by atoms with Crippen LogP contribution in [-0.4, -0.2) is 43.2 Å². The predicted octanol–water partition coefficient (Wildman–Crippen LogP) is 3.83. The Morgan fingerprint density at radius 1 is 1.12 bits per heavy atom. The molecule has 1 atom stereocenters. The van der Waals surface area contributed by atoms with Crippen LogP contribution in [0.3, 0.4) is 0 Å². The van der Waals surface area contributed by atoms with E-state index in [4.69, 9.17) is 9.47 Å². The lowest BCUT2D eigenvalue weighted by Crippen LogP contribution is -2.43. The summed E-state index contributed by atoms with van der Waals surface area (Å²) in [6.07, 6.45) is 5.06. The highest BCUT2D eigenvalue weighted by Gasteiger charge is 2.27. The molecule has 0 saturated carbocycles. The van der Waals surface area contributed by atoms with Crippen LogP contribution in [0.25, 0.3) is 11.1 Å². The lowest BCUT2D eigenvalue weighted by molar-refractivity contribution is -0.125. The molecule has 2 heterocycles. The van der Waals surface area contributed by atoms with E-state index in [9.17, 15) is 9.18 Å². The Labute approximate surface area is 192 Å². The fourth-order valence-corrected chi connectivity index (χ4v) is 4.02. The minimum absolute atomic E-state index is 0.0130. The van der Waals surface area contributed by atoms with Crippen LogP contribution in [0.4, 0.5) is 10.3 Å². The number of aromatic nitrogens is 2. The van der Waals surface area contributed by atoms with E-state index in [1.807, 2.05) is 29.2 Å². The molecule has 3 aromatic rings. The van der Waals surface area contributed by atoms with Gasteiger partial charge in [-0.25, -0.2) is 14.4 Å². The molecule has 2 aromatic carbocycles. The number of halogens is 1. The number of nitrogens with zero attached hydrogens (tertiary/aromatic N) is 3. The number of amides is 1. The zero-order valence-corrected chi connectivity index (χ0v) is 18.8. The smallest absolute Gasteiger partial charge is 0.225 e. The van der Waals surface area contributed by atoms with E-state index in [1.54, 1.807) is 32.7 Å². The second-order valence-corrected chi connectivity index (χ2v) is 7.96. The minimum atomic E-state index is -0.298. The highest BCUT2D eigenvalue weighted by molar-refractivity contribution is 5.79. The van der Waals surface area contributed by atoms with E-state index in [2.05, 4.69) is 15.3 Å². The predicted molar refractivity (Wildman–Crippen MR) is 124 cm³/mol. The first-order valence-electron chi connectivity index (χ1n) is 10.9. The van der Waals surface area contributed by atoms with Crippen molar-refractivity contribution < 1.29 is 18.7 Å². The van der Waals surface area contributed by atoms with E-state index < -0.39 is 0 Å². The molecule has 4 rings (SSSR count). The Morgan fingerprint density at radius 2 is 1.94 bits per heavy atom. The van der Waals surface area contributed by atoms with Crippen LogP contribution in [0.5, 0.6) is 11.5 Å². The van der Waals surface area contributed by atoms with Crippen molar-refractivity contribution in [1.82, 2.24) is 15.3 Å². The van der Waals surface area contributed by atoms with Crippen LogP contribution in [-0.2, 0) is 11.3 Å². The molecule has 8 heteroatoms. The highest BCUT2D eigenvalue weighted by Crippen LogP contribution is 2.25. The molecule has 1 fully saturated rings. The number of rotatable bonds is 7. The molecule has 1 aromatic heterocycles. The van der Waals surface area contributed by atoms with Gasteiger partial charge in [0.15, 0.2) is 0 Å². The van der Waals surface area contributed by atoms with Crippen molar-refractivity contribution in [3.05, 3.63) is 66.2 Å². The Bertz CT molecular complexity index is 1110. The Balaban J connectivity index is 1.39. The first-order chi connectivity index (χ1) is 16.1. The molecule has 33 heavy (non-hydrogen) atoms. The number of carbonyl (C=O) groups excluding carboxylic acids is 1. The van der Waals surface area contributed by atoms with Crippen molar-refractivity contribution in [2.45, 2.75) is 19.4 Å². The zero-order chi connectivity index (χ0) is 23.2. The fourth-order valence-electron chi connectivity index (χ4n) is 4.02. The third kappa shape index (κ3) is 5.39. The van der Waals surface area contributed by atoms with E-state index in [0.29, 0.717) is 30.5 Å². The van der Waals surface area contributed by atoms with Gasteiger partial charge in [-0.05, 0) is 48.7 Å². The third-order valence-electron chi connectivity index (χ3n) is 5.81. The largest absolute Gasteiger partial charge is 0.497 e. The third-order valence-corrected chi connectivity index (χ3v) is 5.81. The van der Waals surface area contributed by atoms with Crippen LogP contribution >= 0.6 is 0 Å². The second kappa shape index (κ2) is 10.3. The van der Waals surface area contributed by atoms with Gasteiger partial charge in [0.05, 0.1) is 20.1 Å². The Hall–Kier alpha value is -3.68. The van der Waals surface area contributed by atoms with Gasteiger partial charge in [-0.15, -0.1) is 0 Å². The van der Waals surface area contributed by atoms with Crippen molar-refractivity contribution in [2.75, 3.05) is 32.2 Å². The van der Waals surface area contributed by atoms with Gasteiger partial charge >= 0.3 is 0 Å². The molecule has 1 saturated heterocycles. The molecule has 0 radical (unpaired) electrons. The summed E-state index contributed by atoms with van der Waals surface area (Å²) in [6, 6.07) is 11.9. The lowest BCUT2D eigenvalue weighted by Gasteiger charge is -2.32. The monoisotopic (exact) mass is 450 g/mol.